The van der Waals surface area contributed by atoms with Crippen molar-refractivity contribution in [1.82, 2.24) is 9.80 Å². The first kappa shape index (κ1) is 14.8. The Balaban J connectivity index is 2.57. The Bertz CT molecular complexity index is 325. The first-order valence-corrected chi connectivity index (χ1v) is 6.22. The lowest BCUT2D eigenvalue weighted by atomic mass is 10.2. The molecule has 0 aromatic heterocycles. The summed E-state index contributed by atoms with van der Waals surface area (Å²) in [5.41, 5.74) is 4.83. The number of piperazine rings is 1. The van der Waals surface area contributed by atoms with Crippen LogP contribution in [-0.4, -0.2) is 59.6 Å². The molecule has 1 atom stereocenters. The maximum atomic E-state index is 11.9. The van der Waals surface area contributed by atoms with Gasteiger partial charge >= 0.3 is 6.09 Å². The molecule has 1 heterocycles. The van der Waals surface area contributed by atoms with Crippen LogP contribution in [0.3, 0.4) is 0 Å². The van der Waals surface area contributed by atoms with E-state index < -0.39 is 5.60 Å². The smallest absolute Gasteiger partial charge is 0.410 e. The number of ether oxygens (including phenoxy) is 1. The normalized spacial score (nSPS) is 20.8. The van der Waals surface area contributed by atoms with Gasteiger partial charge in [0.25, 0.3) is 0 Å². The predicted molar refractivity (Wildman–Crippen MR) is 68.0 cm³/mol. The van der Waals surface area contributed by atoms with Crippen LogP contribution in [0, 0.1) is 0 Å². The number of hydrogen-bond donors (Lipinski definition) is 1. The van der Waals surface area contributed by atoms with E-state index in [1.54, 1.807) is 9.80 Å². The van der Waals surface area contributed by atoms with Crippen molar-refractivity contribution in [3.63, 3.8) is 0 Å². The highest BCUT2D eigenvalue weighted by Gasteiger charge is 2.31. The molecule has 1 aliphatic heterocycles. The van der Waals surface area contributed by atoms with E-state index in [-0.39, 0.29) is 24.6 Å². The summed E-state index contributed by atoms with van der Waals surface area (Å²) in [6.07, 6.45) is -0.324. The van der Waals surface area contributed by atoms with E-state index in [0.29, 0.717) is 19.6 Å². The Morgan fingerprint density at radius 2 is 1.94 bits per heavy atom. The van der Waals surface area contributed by atoms with Crippen LogP contribution in [0.5, 0.6) is 0 Å². The zero-order chi connectivity index (χ0) is 13.9. The van der Waals surface area contributed by atoms with Gasteiger partial charge in [0.2, 0.25) is 5.91 Å². The monoisotopic (exact) mass is 257 g/mol. The van der Waals surface area contributed by atoms with Crippen molar-refractivity contribution in [3.05, 3.63) is 0 Å². The van der Waals surface area contributed by atoms with Crippen LogP contribution in [0.25, 0.3) is 0 Å². The molecule has 1 rings (SSSR count). The number of nitrogens with zero attached hydrogens (tertiary/aromatic N) is 2. The first-order chi connectivity index (χ1) is 8.24. The molecule has 1 saturated heterocycles. The average molecular weight is 257 g/mol. The zero-order valence-electron chi connectivity index (χ0n) is 11.6. The molecule has 0 aromatic carbocycles. The molecule has 0 saturated carbocycles. The van der Waals surface area contributed by atoms with Crippen molar-refractivity contribution in [2.24, 2.45) is 5.73 Å². The van der Waals surface area contributed by atoms with Crippen molar-refractivity contribution in [3.8, 4) is 0 Å². The van der Waals surface area contributed by atoms with Crippen LogP contribution in [0.15, 0.2) is 0 Å². The van der Waals surface area contributed by atoms with Gasteiger partial charge in [-0.25, -0.2) is 4.79 Å². The van der Waals surface area contributed by atoms with E-state index in [9.17, 15) is 9.59 Å². The molecular weight excluding hydrogens is 234 g/mol. The van der Waals surface area contributed by atoms with Gasteiger partial charge < -0.3 is 20.3 Å². The fourth-order valence-corrected chi connectivity index (χ4v) is 1.91. The molecule has 1 aliphatic rings. The van der Waals surface area contributed by atoms with Gasteiger partial charge in [0.1, 0.15) is 5.60 Å². The van der Waals surface area contributed by atoms with Crippen molar-refractivity contribution >= 4 is 12.0 Å². The summed E-state index contributed by atoms with van der Waals surface area (Å²) in [6.45, 7) is 8.94. The minimum Gasteiger partial charge on any atom is -0.444 e. The molecule has 0 spiro atoms. The highest BCUT2D eigenvalue weighted by atomic mass is 16.6. The molecule has 6 nitrogen and oxygen atoms in total. The van der Waals surface area contributed by atoms with E-state index in [1.165, 1.54) is 0 Å². The van der Waals surface area contributed by atoms with E-state index in [2.05, 4.69) is 0 Å². The van der Waals surface area contributed by atoms with Gasteiger partial charge in [-0.15, -0.1) is 0 Å². The Morgan fingerprint density at radius 3 is 2.39 bits per heavy atom. The lowest BCUT2D eigenvalue weighted by Crippen LogP contribution is -2.57. The molecule has 6 heteroatoms. The Labute approximate surface area is 108 Å². The summed E-state index contributed by atoms with van der Waals surface area (Å²) < 4.78 is 5.33. The summed E-state index contributed by atoms with van der Waals surface area (Å²) in [5, 5.41) is 0. The first-order valence-electron chi connectivity index (χ1n) is 6.22. The van der Waals surface area contributed by atoms with Gasteiger partial charge in [-0.2, -0.15) is 0 Å². The number of nitrogens with two attached hydrogens (primary N) is 1. The maximum Gasteiger partial charge on any atom is 0.410 e. The molecule has 2 amide bonds. The molecule has 1 fully saturated rings. The molecule has 18 heavy (non-hydrogen) atoms. The number of carbonyl (C=O) groups excluding carboxylic acids is 2. The minimum absolute atomic E-state index is 0.0131. The Morgan fingerprint density at radius 1 is 1.33 bits per heavy atom. The third kappa shape index (κ3) is 3.87. The van der Waals surface area contributed by atoms with Gasteiger partial charge in [-0.1, -0.05) is 0 Å². The molecule has 0 radical (unpaired) electrons. The van der Waals surface area contributed by atoms with Crippen LogP contribution < -0.4 is 5.73 Å². The lowest BCUT2D eigenvalue weighted by molar-refractivity contribution is -0.132. The molecule has 2 N–H and O–H groups in total. The summed E-state index contributed by atoms with van der Waals surface area (Å²) in [6, 6.07) is -0.0518. The second-order valence-electron chi connectivity index (χ2n) is 5.57. The SMILES string of the molecule is C[C@H]1CN(C(=O)CN)CCN1C(=O)OC(C)(C)C. The number of amides is 2. The van der Waals surface area contributed by atoms with Crippen molar-refractivity contribution in [2.45, 2.75) is 39.3 Å². The van der Waals surface area contributed by atoms with Crippen molar-refractivity contribution < 1.29 is 14.3 Å². The molecule has 0 unspecified atom stereocenters. The highest BCUT2D eigenvalue weighted by molar-refractivity contribution is 5.78. The summed E-state index contributed by atoms with van der Waals surface area (Å²) in [4.78, 5) is 26.8. The van der Waals surface area contributed by atoms with Crippen LogP contribution in [-0.2, 0) is 9.53 Å². The summed E-state index contributed by atoms with van der Waals surface area (Å²) in [7, 11) is 0. The van der Waals surface area contributed by atoms with E-state index in [1.807, 2.05) is 27.7 Å². The largest absolute Gasteiger partial charge is 0.444 e. The van der Waals surface area contributed by atoms with Crippen LogP contribution in [0.4, 0.5) is 4.79 Å². The number of carbonyl (C=O) groups is 2. The zero-order valence-corrected chi connectivity index (χ0v) is 11.6. The lowest BCUT2D eigenvalue weighted by Gasteiger charge is -2.40. The third-order valence-corrected chi connectivity index (χ3v) is 2.78. The maximum absolute atomic E-state index is 11.9. The summed E-state index contributed by atoms with van der Waals surface area (Å²) in [5.74, 6) is -0.0781. The van der Waals surface area contributed by atoms with Crippen LogP contribution >= 0.6 is 0 Å². The number of rotatable bonds is 1. The van der Waals surface area contributed by atoms with E-state index in [0.717, 1.165) is 0 Å². The third-order valence-electron chi connectivity index (χ3n) is 2.78. The molecular formula is C12H23N3O3. The van der Waals surface area contributed by atoms with Gasteiger partial charge in [0.05, 0.1) is 6.54 Å². The van der Waals surface area contributed by atoms with Crippen molar-refractivity contribution in [1.29, 1.82) is 0 Å². The highest BCUT2D eigenvalue weighted by Crippen LogP contribution is 2.15. The molecule has 0 aliphatic carbocycles. The van der Waals surface area contributed by atoms with E-state index >= 15 is 0 Å². The standard InChI is InChI=1S/C12H23N3O3/c1-9-8-14(10(16)7-13)5-6-15(9)11(17)18-12(2,3)4/h9H,5-8,13H2,1-4H3/t9-/m0/s1. The van der Waals surface area contributed by atoms with Gasteiger partial charge in [-0.3, -0.25) is 4.79 Å². The average Bonchev–Trinajstić information content (AvgIpc) is 2.25. The topological polar surface area (TPSA) is 75.9 Å². The van der Waals surface area contributed by atoms with Crippen LogP contribution in [0.2, 0.25) is 0 Å². The molecule has 0 bridgehead atoms. The second kappa shape index (κ2) is 5.56. The fraction of sp³-hybridized carbons (Fsp3) is 0.833. The van der Waals surface area contributed by atoms with Crippen molar-refractivity contribution in [2.75, 3.05) is 26.2 Å². The van der Waals surface area contributed by atoms with E-state index in [4.69, 9.17) is 10.5 Å². The summed E-state index contributed by atoms with van der Waals surface area (Å²) >= 11 is 0. The Hall–Kier alpha value is -1.30. The van der Waals surface area contributed by atoms with Gasteiger partial charge in [-0.05, 0) is 27.7 Å². The predicted octanol–water partition coefficient (Wildman–Crippen LogP) is 0.413. The molecule has 104 valence electrons. The van der Waals surface area contributed by atoms with Gasteiger partial charge in [0, 0.05) is 25.7 Å². The second-order valence-corrected chi connectivity index (χ2v) is 5.57. The minimum atomic E-state index is -0.499. The Kier molecular flexibility index (Phi) is 4.56. The van der Waals surface area contributed by atoms with Crippen LogP contribution in [0.1, 0.15) is 27.7 Å². The quantitative estimate of drug-likeness (QED) is 0.738. The number of hydrogen-bond acceptors (Lipinski definition) is 4. The fourth-order valence-electron chi connectivity index (χ4n) is 1.91. The van der Waals surface area contributed by atoms with Gasteiger partial charge in [0.15, 0.2) is 0 Å². The molecule has 0 aromatic rings.